The van der Waals surface area contributed by atoms with Gasteiger partial charge in [0.25, 0.3) is 5.91 Å². The van der Waals surface area contributed by atoms with Gasteiger partial charge in [-0.25, -0.2) is 14.4 Å². The molecule has 0 unspecified atom stereocenters. The lowest BCUT2D eigenvalue weighted by Gasteiger charge is -2.02. The minimum absolute atomic E-state index is 0.199. The van der Waals surface area contributed by atoms with Crippen molar-refractivity contribution < 1.29 is 9.18 Å². The zero-order valence-corrected chi connectivity index (χ0v) is 11.2. The van der Waals surface area contributed by atoms with Gasteiger partial charge in [0.15, 0.2) is 0 Å². The van der Waals surface area contributed by atoms with Gasteiger partial charge in [-0.3, -0.25) is 9.78 Å². The first kappa shape index (κ1) is 13.2. The number of carbonyl (C=O) groups excluding carboxylic acids is 1. The maximum Gasteiger partial charge on any atom is 0.271 e. The van der Waals surface area contributed by atoms with Crippen LogP contribution in [-0.2, 0) is 6.54 Å². The molecule has 0 bridgehead atoms. The van der Waals surface area contributed by atoms with E-state index in [1.54, 1.807) is 13.0 Å². The first-order chi connectivity index (χ1) is 10.1. The lowest BCUT2D eigenvalue weighted by Crippen LogP contribution is -2.24. The number of nitrogens with one attached hydrogen (secondary N) is 2. The number of hydrogen-bond acceptors (Lipinski definition) is 4. The predicted octanol–water partition coefficient (Wildman–Crippen LogP) is 1.73. The summed E-state index contributed by atoms with van der Waals surface area (Å²) in [6.07, 6.45) is 2.94. The van der Waals surface area contributed by atoms with Crippen LogP contribution in [0.15, 0.2) is 30.6 Å². The molecule has 3 aromatic rings. The van der Waals surface area contributed by atoms with Crippen molar-refractivity contribution in [3.63, 3.8) is 0 Å². The lowest BCUT2D eigenvalue weighted by atomic mass is 10.3. The quantitative estimate of drug-likeness (QED) is 0.767. The van der Waals surface area contributed by atoms with Crippen LogP contribution in [0, 0.1) is 12.7 Å². The van der Waals surface area contributed by atoms with E-state index in [1.807, 2.05) is 0 Å². The number of nitrogens with zero attached hydrogens (tertiary/aromatic N) is 3. The third-order valence-electron chi connectivity index (χ3n) is 2.92. The number of hydrogen-bond donors (Lipinski definition) is 2. The van der Waals surface area contributed by atoms with E-state index >= 15 is 0 Å². The van der Waals surface area contributed by atoms with Gasteiger partial charge in [-0.1, -0.05) is 0 Å². The molecule has 2 N–H and O–H groups in total. The molecule has 0 spiro atoms. The molecule has 1 amide bonds. The third kappa shape index (κ3) is 2.86. The molecule has 2 aromatic heterocycles. The summed E-state index contributed by atoms with van der Waals surface area (Å²) in [7, 11) is 0. The number of imidazole rings is 1. The van der Waals surface area contributed by atoms with Gasteiger partial charge in [0, 0.05) is 6.20 Å². The van der Waals surface area contributed by atoms with E-state index in [4.69, 9.17) is 0 Å². The summed E-state index contributed by atoms with van der Waals surface area (Å²) in [5.74, 6) is -0.130. The van der Waals surface area contributed by atoms with Crippen LogP contribution >= 0.6 is 0 Å². The van der Waals surface area contributed by atoms with E-state index in [-0.39, 0.29) is 24.0 Å². The molecule has 1 aromatic carbocycles. The summed E-state index contributed by atoms with van der Waals surface area (Å²) < 4.78 is 13.1. The van der Waals surface area contributed by atoms with Crippen molar-refractivity contribution in [2.45, 2.75) is 13.5 Å². The number of aryl methyl sites for hydroxylation is 1. The number of aromatic nitrogens is 4. The first-order valence-electron chi connectivity index (χ1n) is 6.33. The highest BCUT2D eigenvalue weighted by Gasteiger charge is 2.09. The minimum atomic E-state index is -0.339. The van der Waals surface area contributed by atoms with Crippen molar-refractivity contribution in [1.82, 2.24) is 25.3 Å². The van der Waals surface area contributed by atoms with E-state index in [9.17, 15) is 9.18 Å². The molecular weight excluding hydrogens is 273 g/mol. The Morgan fingerprint density at radius 2 is 2.19 bits per heavy atom. The Bertz CT molecular complexity index is 797. The third-order valence-corrected chi connectivity index (χ3v) is 2.92. The molecule has 0 atom stereocenters. The second kappa shape index (κ2) is 5.28. The van der Waals surface area contributed by atoms with E-state index in [0.29, 0.717) is 16.9 Å². The fraction of sp³-hybridized carbons (Fsp3) is 0.143. The summed E-state index contributed by atoms with van der Waals surface area (Å²) >= 11 is 0. The molecular formula is C14H12FN5O. The Morgan fingerprint density at radius 1 is 1.33 bits per heavy atom. The molecule has 0 saturated carbocycles. The average molecular weight is 285 g/mol. The van der Waals surface area contributed by atoms with Crippen LogP contribution in [-0.4, -0.2) is 25.8 Å². The van der Waals surface area contributed by atoms with Crippen LogP contribution in [0.3, 0.4) is 0 Å². The maximum atomic E-state index is 13.1. The van der Waals surface area contributed by atoms with Crippen LogP contribution in [0.2, 0.25) is 0 Å². The zero-order chi connectivity index (χ0) is 14.8. The highest BCUT2D eigenvalue weighted by molar-refractivity contribution is 5.91. The van der Waals surface area contributed by atoms with Crippen molar-refractivity contribution in [1.29, 1.82) is 0 Å². The van der Waals surface area contributed by atoms with Gasteiger partial charge >= 0.3 is 0 Å². The fourth-order valence-corrected chi connectivity index (χ4v) is 1.88. The molecule has 21 heavy (non-hydrogen) atoms. The van der Waals surface area contributed by atoms with Crippen molar-refractivity contribution in [3.05, 3.63) is 53.6 Å². The molecule has 2 heterocycles. The number of fused-ring (bicyclic) bond motifs is 1. The van der Waals surface area contributed by atoms with Crippen molar-refractivity contribution in [2.24, 2.45) is 0 Å². The molecule has 0 saturated heterocycles. The monoisotopic (exact) mass is 285 g/mol. The Balaban J connectivity index is 1.71. The van der Waals surface area contributed by atoms with Crippen molar-refractivity contribution >= 4 is 16.9 Å². The zero-order valence-electron chi connectivity index (χ0n) is 11.2. The first-order valence-corrected chi connectivity index (χ1v) is 6.33. The largest absolute Gasteiger partial charge is 0.343 e. The normalized spacial score (nSPS) is 10.8. The second-order valence-corrected chi connectivity index (χ2v) is 4.57. The van der Waals surface area contributed by atoms with Gasteiger partial charge in [0.1, 0.15) is 17.3 Å². The molecule has 0 fully saturated rings. The topological polar surface area (TPSA) is 83.6 Å². The van der Waals surface area contributed by atoms with Gasteiger partial charge in [-0.15, -0.1) is 0 Å². The summed E-state index contributed by atoms with van der Waals surface area (Å²) in [6.45, 7) is 1.99. The fourth-order valence-electron chi connectivity index (χ4n) is 1.88. The Labute approximate surface area is 119 Å². The summed E-state index contributed by atoms with van der Waals surface area (Å²) in [5.41, 5.74) is 2.22. The molecule has 0 aliphatic rings. The summed E-state index contributed by atoms with van der Waals surface area (Å²) in [4.78, 5) is 27.1. The van der Waals surface area contributed by atoms with Crippen LogP contribution in [0.1, 0.15) is 22.0 Å². The smallest absolute Gasteiger partial charge is 0.271 e. The summed E-state index contributed by atoms with van der Waals surface area (Å²) in [6, 6.07) is 4.28. The van der Waals surface area contributed by atoms with Gasteiger partial charge in [0.2, 0.25) is 0 Å². The van der Waals surface area contributed by atoms with E-state index in [2.05, 4.69) is 25.3 Å². The minimum Gasteiger partial charge on any atom is -0.343 e. The van der Waals surface area contributed by atoms with E-state index in [1.165, 1.54) is 24.5 Å². The predicted molar refractivity (Wildman–Crippen MR) is 74.0 cm³/mol. The molecule has 6 nitrogen and oxygen atoms in total. The van der Waals surface area contributed by atoms with Crippen LogP contribution in [0.25, 0.3) is 11.0 Å². The maximum absolute atomic E-state index is 13.1. The number of H-pyrrole nitrogens is 1. The number of carbonyl (C=O) groups is 1. The molecule has 0 aliphatic heterocycles. The Kier molecular flexibility index (Phi) is 3.31. The highest BCUT2D eigenvalue weighted by atomic mass is 19.1. The molecule has 106 valence electrons. The lowest BCUT2D eigenvalue weighted by molar-refractivity contribution is 0.0944. The number of benzene rings is 1. The van der Waals surface area contributed by atoms with Gasteiger partial charge < -0.3 is 10.3 Å². The molecule has 3 rings (SSSR count). The summed E-state index contributed by atoms with van der Waals surface area (Å²) in [5, 5.41) is 2.68. The van der Waals surface area contributed by atoms with Crippen molar-refractivity contribution in [3.8, 4) is 0 Å². The van der Waals surface area contributed by atoms with E-state index in [0.717, 1.165) is 5.69 Å². The highest BCUT2D eigenvalue weighted by Crippen LogP contribution is 2.12. The Hall–Kier alpha value is -2.83. The van der Waals surface area contributed by atoms with E-state index < -0.39 is 0 Å². The van der Waals surface area contributed by atoms with Crippen LogP contribution in [0.4, 0.5) is 4.39 Å². The van der Waals surface area contributed by atoms with Gasteiger partial charge in [0.05, 0.1) is 29.5 Å². The molecule has 0 aliphatic carbocycles. The standard InChI is InChI=1S/C14H12FN5O/c1-8-5-17-12(6-16-8)14(21)18-7-13-19-10-3-2-9(15)4-11(10)20-13/h2-6H,7H2,1H3,(H,18,21)(H,19,20). The van der Waals surface area contributed by atoms with Gasteiger partial charge in [-0.2, -0.15) is 0 Å². The number of halogens is 1. The number of rotatable bonds is 3. The second-order valence-electron chi connectivity index (χ2n) is 4.57. The number of amides is 1. The number of aromatic amines is 1. The van der Waals surface area contributed by atoms with Crippen molar-refractivity contribution in [2.75, 3.05) is 0 Å². The van der Waals surface area contributed by atoms with Crippen LogP contribution < -0.4 is 5.32 Å². The van der Waals surface area contributed by atoms with Crippen LogP contribution in [0.5, 0.6) is 0 Å². The SMILES string of the molecule is Cc1cnc(C(=O)NCc2nc3ccc(F)cc3[nH]2)cn1. The molecule has 7 heteroatoms. The molecule has 0 radical (unpaired) electrons. The van der Waals surface area contributed by atoms with Gasteiger partial charge in [-0.05, 0) is 25.1 Å². The average Bonchev–Trinajstić information content (AvgIpc) is 2.87. The Morgan fingerprint density at radius 3 is 2.95 bits per heavy atom.